The van der Waals surface area contributed by atoms with E-state index in [4.69, 9.17) is 0 Å². The van der Waals surface area contributed by atoms with E-state index in [1.165, 1.54) is 66.2 Å². The molecule has 0 saturated heterocycles. The van der Waals surface area contributed by atoms with E-state index in [1.54, 1.807) is 0 Å². The molecule has 1 aliphatic carbocycles. The van der Waals surface area contributed by atoms with Crippen LogP contribution in [-0.4, -0.2) is 0 Å². The van der Waals surface area contributed by atoms with Crippen LogP contribution in [0.3, 0.4) is 0 Å². The van der Waals surface area contributed by atoms with E-state index >= 15 is 0 Å². The van der Waals surface area contributed by atoms with Gasteiger partial charge in [0, 0.05) is 22.7 Å². The van der Waals surface area contributed by atoms with E-state index in [2.05, 4.69) is 187 Å². The molecule has 46 heavy (non-hydrogen) atoms. The van der Waals surface area contributed by atoms with Crippen LogP contribution in [0.4, 0.5) is 17.1 Å². The molecule has 0 aliphatic heterocycles. The first kappa shape index (κ1) is 26.5. The van der Waals surface area contributed by atoms with E-state index in [9.17, 15) is 0 Å². The van der Waals surface area contributed by atoms with Crippen molar-refractivity contribution in [2.45, 2.75) is 5.92 Å². The number of anilines is 3. The number of rotatable bonds is 5. The lowest BCUT2D eigenvalue weighted by Crippen LogP contribution is -2.10. The predicted octanol–water partition coefficient (Wildman–Crippen LogP) is 12.3. The molecule has 0 spiro atoms. The summed E-state index contributed by atoms with van der Waals surface area (Å²) >= 11 is 0. The summed E-state index contributed by atoms with van der Waals surface area (Å²) in [6.07, 6.45) is 0. The molecule has 1 atom stereocenters. The molecule has 9 rings (SSSR count). The molecule has 0 heterocycles. The first-order chi connectivity index (χ1) is 22.8. The third kappa shape index (κ3) is 4.40. The number of fused-ring (bicyclic) bond motifs is 5. The van der Waals surface area contributed by atoms with Gasteiger partial charge in [0.05, 0.1) is 5.69 Å². The van der Waals surface area contributed by atoms with E-state index < -0.39 is 0 Å². The first-order valence-corrected chi connectivity index (χ1v) is 16.0. The zero-order chi connectivity index (χ0) is 30.5. The maximum absolute atomic E-state index is 2.39. The molecule has 0 bridgehead atoms. The second kappa shape index (κ2) is 10.9. The molecule has 0 amide bonds. The van der Waals surface area contributed by atoms with Gasteiger partial charge in [0.1, 0.15) is 0 Å². The van der Waals surface area contributed by atoms with Gasteiger partial charge in [-0.05, 0) is 91.5 Å². The zero-order valence-corrected chi connectivity index (χ0v) is 25.3. The van der Waals surface area contributed by atoms with Crippen molar-refractivity contribution in [3.63, 3.8) is 0 Å². The van der Waals surface area contributed by atoms with Crippen LogP contribution >= 0.6 is 0 Å². The Hall–Kier alpha value is -5.92. The van der Waals surface area contributed by atoms with Crippen molar-refractivity contribution in [1.29, 1.82) is 0 Å². The number of hydrogen-bond donors (Lipinski definition) is 0. The molecule has 0 N–H and O–H groups in total. The summed E-state index contributed by atoms with van der Waals surface area (Å²) in [6.45, 7) is 0. The zero-order valence-electron chi connectivity index (χ0n) is 25.3. The largest absolute Gasteiger partial charge is 0.310 e. The third-order valence-corrected chi connectivity index (χ3v) is 9.51. The molecular weight excluding hydrogens is 555 g/mol. The summed E-state index contributed by atoms with van der Waals surface area (Å²) in [5.41, 5.74) is 12.7. The van der Waals surface area contributed by atoms with Crippen LogP contribution in [0, 0.1) is 0 Å². The minimum absolute atomic E-state index is 0.229. The van der Waals surface area contributed by atoms with Crippen LogP contribution in [0.5, 0.6) is 0 Å². The number of para-hydroxylation sites is 1. The van der Waals surface area contributed by atoms with Gasteiger partial charge in [0.2, 0.25) is 0 Å². The van der Waals surface area contributed by atoms with Gasteiger partial charge in [-0.2, -0.15) is 0 Å². The lowest BCUT2D eigenvalue weighted by atomic mass is 9.87. The highest BCUT2D eigenvalue weighted by Gasteiger charge is 2.30. The quantitative estimate of drug-likeness (QED) is 0.194. The van der Waals surface area contributed by atoms with Crippen LogP contribution < -0.4 is 4.90 Å². The molecule has 0 radical (unpaired) electrons. The lowest BCUT2D eigenvalue weighted by molar-refractivity contribution is 1.02. The van der Waals surface area contributed by atoms with Crippen LogP contribution in [-0.2, 0) is 0 Å². The Balaban J connectivity index is 1.12. The molecule has 1 aliphatic rings. The smallest absolute Gasteiger partial charge is 0.0540 e. The fourth-order valence-electron chi connectivity index (χ4n) is 7.34. The van der Waals surface area contributed by atoms with Gasteiger partial charge in [-0.15, -0.1) is 0 Å². The van der Waals surface area contributed by atoms with Crippen LogP contribution in [0.2, 0.25) is 0 Å². The van der Waals surface area contributed by atoms with Crippen molar-refractivity contribution in [2.24, 2.45) is 0 Å². The van der Waals surface area contributed by atoms with Crippen molar-refractivity contribution < 1.29 is 0 Å². The molecule has 8 aromatic carbocycles. The van der Waals surface area contributed by atoms with Gasteiger partial charge < -0.3 is 4.90 Å². The maximum Gasteiger partial charge on any atom is 0.0540 e. The summed E-state index contributed by atoms with van der Waals surface area (Å²) < 4.78 is 0. The molecular formula is C45H31N. The molecule has 1 nitrogen and oxygen atoms in total. The van der Waals surface area contributed by atoms with Crippen LogP contribution in [0.15, 0.2) is 182 Å². The third-order valence-electron chi connectivity index (χ3n) is 9.51. The summed E-state index contributed by atoms with van der Waals surface area (Å²) in [6, 6.07) is 66.4. The predicted molar refractivity (Wildman–Crippen MR) is 194 cm³/mol. The Kier molecular flexibility index (Phi) is 6.28. The standard InChI is InChI=1S/C45H31N/c1-2-15-37(16-3-1)46(44-20-10-14-33-12-6-7-17-39(33)44)38-26-23-32(24-27-38)35-25-28-42-43(30-35)40-18-8-9-19-41(40)45(42)36-22-21-31-11-4-5-13-34(31)29-36/h1-30,45H/t45-/m1/s1. The minimum Gasteiger partial charge on any atom is -0.310 e. The topological polar surface area (TPSA) is 3.24 Å². The molecule has 0 unspecified atom stereocenters. The second-order valence-electron chi connectivity index (χ2n) is 12.1. The minimum atomic E-state index is 0.229. The van der Waals surface area contributed by atoms with Crippen molar-refractivity contribution in [3.8, 4) is 22.3 Å². The molecule has 1 heteroatoms. The number of nitrogens with zero attached hydrogens (tertiary/aromatic N) is 1. The average molecular weight is 586 g/mol. The van der Waals surface area contributed by atoms with Gasteiger partial charge in [-0.1, -0.05) is 146 Å². The highest BCUT2D eigenvalue weighted by Crippen LogP contribution is 2.49. The van der Waals surface area contributed by atoms with Crippen molar-refractivity contribution >= 4 is 38.6 Å². The second-order valence-corrected chi connectivity index (χ2v) is 12.1. The van der Waals surface area contributed by atoms with Crippen LogP contribution in [0.25, 0.3) is 43.8 Å². The van der Waals surface area contributed by atoms with Gasteiger partial charge in [0.15, 0.2) is 0 Å². The Morgan fingerprint density at radius 1 is 0.370 bits per heavy atom. The summed E-state index contributed by atoms with van der Waals surface area (Å²) in [4.78, 5) is 2.36. The Bertz CT molecular complexity index is 2360. The van der Waals surface area contributed by atoms with E-state index in [0.29, 0.717) is 0 Å². The summed E-state index contributed by atoms with van der Waals surface area (Å²) in [7, 11) is 0. The van der Waals surface area contributed by atoms with Crippen molar-refractivity contribution in [3.05, 3.63) is 199 Å². The van der Waals surface area contributed by atoms with Gasteiger partial charge in [0.25, 0.3) is 0 Å². The average Bonchev–Trinajstić information content (AvgIpc) is 3.46. The number of benzene rings is 8. The Morgan fingerprint density at radius 2 is 1.02 bits per heavy atom. The normalized spacial score (nSPS) is 13.4. The van der Waals surface area contributed by atoms with Gasteiger partial charge in [-0.3, -0.25) is 0 Å². The maximum atomic E-state index is 2.39. The molecule has 0 saturated carbocycles. The summed E-state index contributed by atoms with van der Waals surface area (Å²) in [5.74, 6) is 0.229. The fraction of sp³-hybridized carbons (Fsp3) is 0.0222. The van der Waals surface area contributed by atoms with Crippen LogP contribution in [0.1, 0.15) is 22.6 Å². The SMILES string of the molecule is c1ccc(N(c2ccc(-c3ccc4c(c3)-c3ccccc3[C@H]4c3ccc4ccccc4c3)cc2)c2cccc3ccccc23)cc1. The Labute approximate surface area is 269 Å². The molecule has 0 fully saturated rings. The lowest BCUT2D eigenvalue weighted by Gasteiger charge is -2.27. The van der Waals surface area contributed by atoms with Gasteiger partial charge >= 0.3 is 0 Å². The van der Waals surface area contributed by atoms with E-state index in [0.717, 1.165) is 11.4 Å². The molecule has 8 aromatic rings. The fourth-order valence-corrected chi connectivity index (χ4v) is 7.34. The first-order valence-electron chi connectivity index (χ1n) is 16.0. The monoisotopic (exact) mass is 585 g/mol. The van der Waals surface area contributed by atoms with Crippen molar-refractivity contribution in [2.75, 3.05) is 4.90 Å². The molecule has 216 valence electrons. The van der Waals surface area contributed by atoms with Crippen molar-refractivity contribution in [1.82, 2.24) is 0 Å². The summed E-state index contributed by atoms with van der Waals surface area (Å²) in [5, 5.41) is 5.03. The van der Waals surface area contributed by atoms with Gasteiger partial charge in [-0.25, -0.2) is 0 Å². The van der Waals surface area contributed by atoms with E-state index in [-0.39, 0.29) is 5.92 Å². The highest BCUT2D eigenvalue weighted by atomic mass is 15.1. The van der Waals surface area contributed by atoms with E-state index in [1.807, 2.05) is 0 Å². The number of hydrogen-bond acceptors (Lipinski definition) is 1. The Morgan fingerprint density at radius 3 is 1.89 bits per heavy atom. The highest BCUT2D eigenvalue weighted by molar-refractivity contribution is 5.99. The molecule has 0 aromatic heterocycles.